The number of hydrogen-bond acceptors (Lipinski definition) is 5. The molecule has 1 saturated heterocycles. The van der Waals surface area contributed by atoms with Gasteiger partial charge in [-0.25, -0.2) is 4.99 Å². The first kappa shape index (κ1) is 22.1. The van der Waals surface area contributed by atoms with Crippen LogP contribution in [0.25, 0.3) is 0 Å². The highest BCUT2D eigenvalue weighted by molar-refractivity contribution is 7.09. The molecule has 162 valence electrons. The maximum absolute atomic E-state index is 11.9. The summed E-state index contributed by atoms with van der Waals surface area (Å²) in [5.41, 5.74) is 1.25. The van der Waals surface area contributed by atoms with Crippen molar-refractivity contribution in [3.05, 3.63) is 46.9 Å². The molecule has 0 bridgehead atoms. The molecule has 1 aliphatic heterocycles. The van der Waals surface area contributed by atoms with E-state index >= 15 is 0 Å². The summed E-state index contributed by atoms with van der Waals surface area (Å²) in [5, 5.41) is 8.94. The highest BCUT2D eigenvalue weighted by Gasteiger charge is 2.19. The summed E-state index contributed by atoms with van der Waals surface area (Å²) >= 11 is 1.76. The Balaban J connectivity index is 1.47. The maximum Gasteiger partial charge on any atom is 0.243 e. The molecule has 0 aromatic carbocycles. The zero-order valence-electron chi connectivity index (χ0n) is 17.9. The zero-order chi connectivity index (χ0) is 21.2. The van der Waals surface area contributed by atoms with E-state index < -0.39 is 0 Å². The van der Waals surface area contributed by atoms with Crippen molar-refractivity contribution in [3.63, 3.8) is 0 Å². The number of carbonyl (C=O) groups is 1. The molecule has 3 heterocycles. The summed E-state index contributed by atoms with van der Waals surface area (Å²) in [5.74, 6) is 1.32. The van der Waals surface area contributed by atoms with Gasteiger partial charge in [-0.05, 0) is 48.8 Å². The van der Waals surface area contributed by atoms with Crippen molar-refractivity contribution >= 4 is 28.9 Å². The fourth-order valence-corrected chi connectivity index (χ4v) is 4.12. The number of pyridine rings is 1. The number of anilines is 1. The van der Waals surface area contributed by atoms with Gasteiger partial charge in [0.25, 0.3) is 0 Å². The van der Waals surface area contributed by atoms with Gasteiger partial charge in [-0.15, -0.1) is 11.3 Å². The average molecular weight is 429 g/mol. The zero-order valence-corrected chi connectivity index (χ0v) is 18.7. The Morgan fingerprint density at radius 2 is 2.00 bits per heavy atom. The fourth-order valence-electron chi connectivity index (χ4n) is 3.41. The third-order valence-corrected chi connectivity index (χ3v) is 6.25. The highest BCUT2D eigenvalue weighted by atomic mass is 32.1. The molecule has 3 rings (SSSR count). The van der Waals surface area contributed by atoms with E-state index in [-0.39, 0.29) is 12.5 Å². The summed E-state index contributed by atoms with van der Waals surface area (Å²) in [4.78, 5) is 25.9. The van der Waals surface area contributed by atoms with Gasteiger partial charge in [0.2, 0.25) is 5.91 Å². The van der Waals surface area contributed by atoms with Crippen LogP contribution in [0.15, 0.2) is 47.0 Å². The molecule has 0 aliphatic carbocycles. The van der Waals surface area contributed by atoms with Gasteiger partial charge in [-0.2, -0.15) is 0 Å². The minimum Gasteiger partial charge on any atom is -0.371 e. The van der Waals surface area contributed by atoms with Crippen molar-refractivity contribution in [2.45, 2.75) is 19.3 Å². The second kappa shape index (κ2) is 11.5. The van der Waals surface area contributed by atoms with Crippen LogP contribution in [0.5, 0.6) is 0 Å². The van der Waals surface area contributed by atoms with E-state index in [9.17, 15) is 4.79 Å². The smallest absolute Gasteiger partial charge is 0.243 e. The molecule has 2 aromatic rings. The van der Waals surface area contributed by atoms with E-state index in [1.807, 2.05) is 12.4 Å². The Kier molecular flexibility index (Phi) is 8.50. The largest absolute Gasteiger partial charge is 0.371 e. The Bertz CT molecular complexity index is 785. The van der Waals surface area contributed by atoms with Crippen molar-refractivity contribution in [2.75, 3.05) is 51.7 Å². The number of guanidine groups is 1. The second-order valence-electron chi connectivity index (χ2n) is 7.73. The quantitative estimate of drug-likeness (QED) is 0.498. The van der Waals surface area contributed by atoms with Crippen molar-refractivity contribution in [1.82, 2.24) is 20.5 Å². The molecule has 2 aromatic heterocycles. The number of hydrogen-bond donors (Lipinski definition) is 2. The minimum absolute atomic E-state index is 0.0000147. The fraction of sp³-hybridized carbons (Fsp3) is 0.500. The Labute approximate surface area is 183 Å². The molecule has 1 fully saturated rings. The van der Waals surface area contributed by atoms with Gasteiger partial charge in [0.15, 0.2) is 5.96 Å². The predicted octanol–water partition coefficient (Wildman–Crippen LogP) is 2.23. The lowest BCUT2D eigenvalue weighted by molar-refractivity contribution is -0.127. The number of amides is 1. The standard InChI is InChI=1S/C22H32N6OS/c1-27(2)21(29)17-26-22(24-12-7-20-4-3-15-30-20)25-16-18-8-13-28(14-9-18)19-5-10-23-11-6-19/h3-6,10-11,15,18H,7-9,12-14,16-17H2,1-2H3,(H2,24,25,26). The third kappa shape index (κ3) is 7.02. The molecule has 8 heteroatoms. The van der Waals surface area contributed by atoms with Crippen molar-refractivity contribution in [3.8, 4) is 0 Å². The summed E-state index contributed by atoms with van der Waals surface area (Å²) in [6, 6.07) is 8.36. The van der Waals surface area contributed by atoms with E-state index in [0.29, 0.717) is 5.92 Å². The summed E-state index contributed by atoms with van der Waals surface area (Å²) in [6.45, 7) is 3.91. The summed E-state index contributed by atoms with van der Waals surface area (Å²) in [7, 11) is 3.51. The number of rotatable bonds is 8. The van der Waals surface area contributed by atoms with E-state index in [1.54, 1.807) is 30.3 Å². The SMILES string of the molecule is CN(C)C(=O)CN=C(NCCc1cccs1)NCC1CCN(c2ccncc2)CC1. The first-order valence-corrected chi connectivity index (χ1v) is 11.4. The van der Waals surface area contributed by atoms with Crippen LogP contribution in [-0.2, 0) is 11.2 Å². The van der Waals surface area contributed by atoms with Crippen LogP contribution in [0.1, 0.15) is 17.7 Å². The number of aromatic nitrogens is 1. The Morgan fingerprint density at radius 1 is 1.23 bits per heavy atom. The number of piperidine rings is 1. The molecule has 0 spiro atoms. The third-order valence-electron chi connectivity index (χ3n) is 5.32. The van der Waals surface area contributed by atoms with Gasteiger partial charge in [-0.1, -0.05) is 6.07 Å². The molecular weight excluding hydrogens is 396 g/mol. The van der Waals surface area contributed by atoms with Crippen LogP contribution < -0.4 is 15.5 Å². The number of nitrogens with one attached hydrogen (secondary N) is 2. The Morgan fingerprint density at radius 3 is 2.67 bits per heavy atom. The van der Waals surface area contributed by atoms with E-state index in [0.717, 1.165) is 51.4 Å². The lowest BCUT2D eigenvalue weighted by Gasteiger charge is -2.33. The lowest BCUT2D eigenvalue weighted by Crippen LogP contribution is -2.44. The number of likely N-dealkylation sites (N-methyl/N-ethyl adjacent to an activating group) is 1. The van der Waals surface area contributed by atoms with Crippen molar-refractivity contribution in [2.24, 2.45) is 10.9 Å². The number of thiophene rings is 1. The topological polar surface area (TPSA) is 72.9 Å². The van der Waals surface area contributed by atoms with Gasteiger partial charge in [0, 0.05) is 63.2 Å². The van der Waals surface area contributed by atoms with Crippen LogP contribution in [-0.4, -0.2) is 68.6 Å². The molecule has 0 radical (unpaired) electrons. The van der Waals surface area contributed by atoms with E-state index in [2.05, 4.69) is 55.2 Å². The average Bonchev–Trinajstić information content (AvgIpc) is 3.29. The first-order chi connectivity index (χ1) is 14.6. The van der Waals surface area contributed by atoms with Gasteiger partial charge < -0.3 is 20.4 Å². The number of aliphatic imine (C=N–C) groups is 1. The molecule has 0 atom stereocenters. The number of nitrogens with zero attached hydrogens (tertiary/aromatic N) is 4. The normalized spacial score (nSPS) is 15.1. The van der Waals surface area contributed by atoms with Gasteiger partial charge in [0.1, 0.15) is 6.54 Å². The summed E-state index contributed by atoms with van der Waals surface area (Å²) < 4.78 is 0. The minimum atomic E-state index is 0.0000147. The van der Waals surface area contributed by atoms with Crippen molar-refractivity contribution in [1.29, 1.82) is 0 Å². The molecular formula is C22H32N6OS. The summed E-state index contributed by atoms with van der Waals surface area (Å²) in [6.07, 6.45) is 6.92. The highest BCUT2D eigenvalue weighted by Crippen LogP contribution is 2.22. The molecule has 30 heavy (non-hydrogen) atoms. The van der Waals surface area contributed by atoms with Crippen LogP contribution in [0, 0.1) is 5.92 Å². The van der Waals surface area contributed by atoms with Crippen LogP contribution in [0.4, 0.5) is 5.69 Å². The number of carbonyl (C=O) groups excluding carboxylic acids is 1. The maximum atomic E-state index is 11.9. The molecule has 1 aliphatic rings. The Hall–Kier alpha value is -2.61. The van der Waals surface area contributed by atoms with Crippen LogP contribution >= 0.6 is 11.3 Å². The van der Waals surface area contributed by atoms with Gasteiger partial charge in [-0.3, -0.25) is 9.78 Å². The van der Waals surface area contributed by atoms with E-state index in [4.69, 9.17) is 0 Å². The van der Waals surface area contributed by atoms with Crippen LogP contribution in [0.3, 0.4) is 0 Å². The molecule has 0 saturated carbocycles. The second-order valence-corrected chi connectivity index (χ2v) is 8.76. The van der Waals surface area contributed by atoms with Crippen molar-refractivity contribution < 1.29 is 4.79 Å². The molecule has 2 N–H and O–H groups in total. The lowest BCUT2D eigenvalue weighted by atomic mass is 9.96. The van der Waals surface area contributed by atoms with Crippen LogP contribution in [0.2, 0.25) is 0 Å². The van der Waals surface area contributed by atoms with Gasteiger partial charge >= 0.3 is 0 Å². The first-order valence-electron chi connectivity index (χ1n) is 10.5. The van der Waals surface area contributed by atoms with E-state index in [1.165, 1.54) is 10.6 Å². The van der Waals surface area contributed by atoms with Gasteiger partial charge in [0.05, 0.1) is 0 Å². The molecule has 1 amide bonds. The monoisotopic (exact) mass is 428 g/mol. The predicted molar refractivity (Wildman–Crippen MR) is 124 cm³/mol. The molecule has 0 unspecified atom stereocenters. The molecule has 7 nitrogen and oxygen atoms in total.